The zero-order chi connectivity index (χ0) is 22.0. The Balaban J connectivity index is 0. The minimum Gasteiger partial charge on any atom is -0.323 e. The van der Waals surface area contributed by atoms with Gasteiger partial charge < -0.3 is 5.32 Å². The molecule has 0 aliphatic carbocycles. The Morgan fingerprint density at radius 1 is 0.846 bits per heavy atom. The van der Waals surface area contributed by atoms with Gasteiger partial charge in [-0.15, -0.1) is 0 Å². The largest absolute Gasteiger partial charge is 0.438 e. The second-order valence-electron chi connectivity index (χ2n) is 4.71. The third-order valence-electron chi connectivity index (χ3n) is 2.65. The summed E-state index contributed by atoms with van der Waals surface area (Å²) in [6.45, 7) is 0.428. The van der Waals surface area contributed by atoms with Crippen molar-refractivity contribution in [3.63, 3.8) is 0 Å². The van der Waals surface area contributed by atoms with E-state index in [0.29, 0.717) is 6.92 Å². The summed E-state index contributed by atoms with van der Waals surface area (Å²) in [5.41, 5.74) is 0. The molecule has 160 valence electrons. The number of alkyl halides is 11. The molecule has 1 unspecified atom stereocenters. The van der Waals surface area contributed by atoms with E-state index in [1.807, 2.05) is 14.1 Å². The summed E-state index contributed by atoms with van der Waals surface area (Å²) in [6.07, 6.45) is -5.72. The Hall–Kier alpha value is -0.900. The van der Waals surface area contributed by atoms with Crippen LogP contribution in [0.4, 0.5) is 48.3 Å². The van der Waals surface area contributed by atoms with Gasteiger partial charge in [0.2, 0.25) is 0 Å². The standard InChI is InChI=1S/C8H7F11O3S.C2H7N/c1-2-3(9)4(10,11)5(12,13)6(14,15)7(16,17)8(18,19)23(20,21)22;1-3-2/h3H,2H2,1H3,(H,20,21,22);3H,1-2H3. The molecule has 4 nitrogen and oxygen atoms in total. The number of hydrogen-bond donors (Lipinski definition) is 2. The Labute approximate surface area is 140 Å². The van der Waals surface area contributed by atoms with Crippen molar-refractivity contribution >= 4 is 10.1 Å². The average Bonchev–Trinajstić information content (AvgIpc) is 2.44. The van der Waals surface area contributed by atoms with Crippen LogP contribution < -0.4 is 5.32 Å². The van der Waals surface area contributed by atoms with E-state index >= 15 is 0 Å². The first kappa shape index (κ1) is 27.3. The molecule has 0 spiro atoms. The molecular weight excluding hydrogens is 423 g/mol. The van der Waals surface area contributed by atoms with E-state index in [2.05, 4.69) is 5.32 Å². The molecule has 26 heavy (non-hydrogen) atoms. The van der Waals surface area contributed by atoms with E-state index in [1.165, 1.54) is 0 Å². The van der Waals surface area contributed by atoms with E-state index in [-0.39, 0.29) is 0 Å². The fourth-order valence-corrected chi connectivity index (χ4v) is 1.66. The first-order valence-corrected chi connectivity index (χ1v) is 7.67. The zero-order valence-corrected chi connectivity index (χ0v) is 13.9. The molecule has 0 aromatic rings. The lowest BCUT2D eigenvalue weighted by Crippen LogP contribution is -2.70. The van der Waals surface area contributed by atoms with Gasteiger partial charge in [0.1, 0.15) is 0 Å². The van der Waals surface area contributed by atoms with Crippen LogP contribution >= 0.6 is 0 Å². The second kappa shape index (κ2) is 8.00. The van der Waals surface area contributed by atoms with E-state index in [9.17, 15) is 56.7 Å². The fourth-order valence-electron chi connectivity index (χ4n) is 1.20. The monoisotopic (exact) mass is 437 g/mol. The van der Waals surface area contributed by atoms with Crippen LogP contribution in [0, 0.1) is 0 Å². The average molecular weight is 437 g/mol. The smallest absolute Gasteiger partial charge is 0.323 e. The van der Waals surface area contributed by atoms with Crippen LogP contribution in [0.1, 0.15) is 13.3 Å². The topological polar surface area (TPSA) is 66.4 Å². The normalized spacial score (nSPS) is 16.0. The quantitative estimate of drug-likeness (QED) is 0.472. The molecule has 0 radical (unpaired) electrons. The maximum Gasteiger partial charge on any atom is 0.438 e. The predicted molar refractivity (Wildman–Crippen MR) is 66.5 cm³/mol. The van der Waals surface area contributed by atoms with Gasteiger partial charge in [0.15, 0.2) is 6.17 Å². The molecule has 0 aromatic heterocycles. The molecule has 0 aliphatic rings. The maximum atomic E-state index is 13.0. The van der Waals surface area contributed by atoms with E-state index in [0.717, 1.165) is 0 Å². The molecule has 0 bridgehead atoms. The van der Waals surface area contributed by atoms with Crippen LogP contribution in [0.5, 0.6) is 0 Å². The molecule has 2 N–H and O–H groups in total. The van der Waals surface area contributed by atoms with Crippen molar-refractivity contribution < 1.29 is 61.3 Å². The van der Waals surface area contributed by atoms with Gasteiger partial charge in [-0.25, -0.2) is 4.39 Å². The van der Waals surface area contributed by atoms with Crippen LogP contribution in [-0.4, -0.2) is 62.2 Å². The molecule has 0 amide bonds. The minimum absolute atomic E-state index is 0.428. The second-order valence-corrected chi connectivity index (χ2v) is 6.18. The van der Waals surface area contributed by atoms with E-state index in [4.69, 9.17) is 4.55 Å². The van der Waals surface area contributed by atoms with Crippen LogP contribution in [-0.2, 0) is 10.1 Å². The van der Waals surface area contributed by atoms with Crippen molar-refractivity contribution in [1.82, 2.24) is 5.32 Å². The zero-order valence-electron chi connectivity index (χ0n) is 13.1. The van der Waals surface area contributed by atoms with Crippen molar-refractivity contribution in [3.8, 4) is 0 Å². The van der Waals surface area contributed by atoms with Gasteiger partial charge in [-0.05, 0) is 20.5 Å². The van der Waals surface area contributed by atoms with Crippen molar-refractivity contribution in [1.29, 1.82) is 0 Å². The molecule has 0 heterocycles. The third-order valence-corrected chi connectivity index (χ3v) is 3.55. The number of nitrogens with one attached hydrogen (secondary N) is 1. The summed E-state index contributed by atoms with van der Waals surface area (Å²) >= 11 is 0. The summed E-state index contributed by atoms with van der Waals surface area (Å²) in [5.74, 6) is -29.4. The van der Waals surface area contributed by atoms with Crippen molar-refractivity contribution in [2.45, 2.75) is 48.5 Å². The molecule has 0 saturated heterocycles. The van der Waals surface area contributed by atoms with Crippen molar-refractivity contribution in [2.24, 2.45) is 0 Å². The van der Waals surface area contributed by atoms with Gasteiger partial charge in [0.25, 0.3) is 0 Å². The number of hydrogen-bond acceptors (Lipinski definition) is 3. The van der Waals surface area contributed by atoms with Gasteiger partial charge >= 0.3 is 39.1 Å². The molecule has 0 aliphatic heterocycles. The highest BCUT2D eigenvalue weighted by atomic mass is 32.2. The first-order valence-electron chi connectivity index (χ1n) is 6.23. The lowest BCUT2D eigenvalue weighted by molar-refractivity contribution is -0.396. The molecular formula is C10H14F11NO3S. The van der Waals surface area contributed by atoms with Crippen LogP contribution in [0.15, 0.2) is 0 Å². The van der Waals surface area contributed by atoms with E-state index in [1.54, 1.807) is 0 Å². The highest BCUT2D eigenvalue weighted by Crippen LogP contribution is 2.59. The summed E-state index contributed by atoms with van der Waals surface area (Å²) < 4.78 is 169. The first-order chi connectivity index (χ1) is 11.1. The summed E-state index contributed by atoms with van der Waals surface area (Å²) in [7, 11) is -3.66. The van der Waals surface area contributed by atoms with Gasteiger partial charge in [0.05, 0.1) is 0 Å². The summed E-state index contributed by atoms with van der Waals surface area (Å²) in [6, 6.07) is 0. The van der Waals surface area contributed by atoms with E-state index < -0.39 is 51.7 Å². The Bertz CT molecular complexity index is 565. The highest BCUT2D eigenvalue weighted by molar-refractivity contribution is 7.87. The summed E-state index contributed by atoms with van der Waals surface area (Å²) in [5, 5.41) is -4.51. The lowest BCUT2D eigenvalue weighted by Gasteiger charge is -2.39. The number of rotatable bonds is 7. The number of halogens is 11. The SMILES string of the molecule is CCC(F)C(F)(F)C(F)(F)C(F)(F)C(F)(F)C(F)(F)S(=O)(=O)O.CNC. The van der Waals surface area contributed by atoms with Crippen LogP contribution in [0.25, 0.3) is 0 Å². The summed E-state index contributed by atoms with van der Waals surface area (Å²) in [4.78, 5) is 0. The maximum absolute atomic E-state index is 13.0. The van der Waals surface area contributed by atoms with Gasteiger partial charge in [0, 0.05) is 0 Å². The Morgan fingerprint density at radius 3 is 1.38 bits per heavy atom. The predicted octanol–water partition coefficient (Wildman–Crippen LogP) is 3.59. The fraction of sp³-hybridized carbons (Fsp3) is 1.00. The van der Waals surface area contributed by atoms with Crippen molar-refractivity contribution in [2.75, 3.05) is 14.1 Å². The van der Waals surface area contributed by atoms with Crippen molar-refractivity contribution in [3.05, 3.63) is 0 Å². The molecule has 16 heteroatoms. The van der Waals surface area contributed by atoms with Gasteiger partial charge in [-0.2, -0.15) is 52.3 Å². The van der Waals surface area contributed by atoms with Gasteiger partial charge in [-0.3, -0.25) is 4.55 Å². The van der Waals surface area contributed by atoms with Gasteiger partial charge in [-0.1, -0.05) is 6.92 Å². The molecule has 0 aromatic carbocycles. The Kier molecular flexibility index (Phi) is 8.40. The molecule has 1 atom stereocenters. The third kappa shape index (κ3) is 4.16. The lowest BCUT2D eigenvalue weighted by atomic mass is 9.94. The molecule has 0 rings (SSSR count). The molecule has 0 fully saturated rings. The van der Waals surface area contributed by atoms with Crippen LogP contribution in [0.3, 0.4) is 0 Å². The minimum atomic E-state index is -7.75. The Morgan fingerprint density at radius 2 is 1.15 bits per heavy atom. The molecule has 0 saturated carbocycles. The van der Waals surface area contributed by atoms with Crippen LogP contribution in [0.2, 0.25) is 0 Å². The highest BCUT2D eigenvalue weighted by Gasteiger charge is 2.89.